The molecule has 0 saturated carbocycles. The van der Waals surface area contributed by atoms with Gasteiger partial charge in [0.05, 0.1) is 11.8 Å². The summed E-state index contributed by atoms with van der Waals surface area (Å²) in [5.41, 5.74) is 1.90. The summed E-state index contributed by atoms with van der Waals surface area (Å²) in [6.07, 6.45) is 6.40. The average molecular weight is 516 g/mol. The first-order valence-corrected chi connectivity index (χ1v) is 12.3. The Bertz CT molecular complexity index is 619. The first kappa shape index (κ1) is 25.9. The Morgan fingerprint density at radius 3 is 2.07 bits per heavy atom. The van der Waals surface area contributed by atoms with Crippen LogP contribution in [0.3, 0.4) is 0 Å². The maximum atomic E-state index is 12.7. The number of aryl methyl sites for hydroxylation is 2. The zero-order valence-electron chi connectivity index (χ0n) is 18.4. The molecule has 0 aliphatic heterocycles. The molecule has 0 spiro atoms. The molecule has 0 heterocycles. The van der Waals surface area contributed by atoms with E-state index in [9.17, 15) is 14.7 Å². The van der Waals surface area contributed by atoms with Crippen molar-refractivity contribution in [2.75, 3.05) is 4.43 Å². The fraction of sp³-hybridized carbons (Fsp3) is 0.667. The Morgan fingerprint density at radius 2 is 1.59 bits per heavy atom. The standard InChI is InChI=1S/C24H37IO4/c1-5-8-18-10-12-19(13-11-18)14-15-20(22(26)27)17-21(9-6-7-16-25)23(28)29-24(2,3)4/h10-13,20-21H,5-9,14-17H2,1-4H3,(H,26,27). The molecule has 0 fully saturated rings. The minimum Gasteiger partial charge on any atom is -0.481 e. The summed E-state index contributed by atoms with van der Waals surface area (Å²) in [6, 6.07) is 8.44. The zero-order chi connectivity index (χ0) is 21.9. The third kappa shape index (κ3) is 11.0. The lowest BCUT2D eigenvalue weighted by molar-refractivity contribution is -0.161. The van der Waals surface area contributed by atoms with Crippen molar-refractivity contribution in [3.8, 4) is 0 Å². The van der Waals surface area contributed by atoms with E-state index in [4.69, 9.17) is 4.74 Å². The summed E-state index contributed by atoms with van der Waals surface area (Å²) in [5, 5.41) is 9.75. The molecule has 2 unspecified atom stereocenters. The van der Waals surface area contributed by atoms with Gasteiger partial charge in [-0.2, -0.15) is 0 Å². The molecule has 5 heteroatoms. The predicted octanol–water partition coefficient (Wildman–Crippen LogP) is 6.23. The lowest BCUT2D eigenvalue weighted by atomic mass is 9.87. The van der Waals surface area contributed by atoms with Crippen molar-refractivity contribution >= 4 is 34.5 Å². The van der Waals surface area contributed by atoms with Crippen LogP contribution >= 0.6 is 22.6 Å². The SMILES string of the molecule is CCCc1ccc(CCC(CC(CCCCI)C(=O)OC(C)(C)C)C(=O)O)cc1. The van der Waals surface area contributed by atoms with E-state index in [2.05, 4.69) is 53.8 Å². The van der Waals surface area contributed by atoms with Gasteiger partial charge >= 0.3 is 11.9 Å². The van der Waals surface area contributed by atoms with E-state index < -0.39 is 17.5 Å². The molecule has 0 radical (unpaired) electrons. The van der Waals surface area contributed by atoms with Crippen LogP contribution in [0, 0.1) is 11.8 Å². The highest BCUT2D eigenvalue weighted by Crippen LogP contribution is 2.26. The van der Waals surface area contributed by atoms with E-state index in [-0.39, 0.29) is 11.9 Å². The third-order valence-electron chi connectivity index (χ3n) is 4.94. The number of benzene rings is 1. The molecule has 1 N–H and O–H groups in total. The van der Waals surface area contributed by atoms with Crippen molar-refractivity contribution in [2.24, 2.45) is 11.8 Å². The number of ether oxygens (including phenoxy) is 1. The molecule has 0 aromatic heterocycles. The number of alkyl halides is 1. The second-order valence-corrected chi connectivity index (χ2v) is 9.87. The normalized spacial score (nSPS) is 13.7. The number of aliphatic carboxylic acids is 1. The van der Waals surface area contributed by atoms with Crippen molar-refractivity contribution < 1.29 is 19.4 Å². The minimum absolute atomic E-state index is 0.263. The highest BCUT2D eigenvalue weighted by atomic mass is 127. The quantitative estimate of drug-likeness (QED) is 0.146. The van der Waals surface area contributed by atoms with Crippen LogP contribution in [0.15, 0.2) is 24.3 Å². The molecular formula is C24H37IO4. The van der Waals surface area contributed by atoms with Gasteiger partial charge in [-0.05, 0) is 74.9 Å². The fourth-order valence-electron chi connectivity index (χ4n) is 3.39. The van der Waals surface area contributed by atoms with E-state index in [1.54, 1.807) is 0 Å². The smallest absolute Gasteiger partial charge is 0.309 e. The van der Waals surface area contributed by atoms with Crippen LogP contribution in [0.4, 0.5) is 0 Å². The fourth-order valence-corrected chi connectivity index (χ4v) is 3.93. The number of carboxylic acids is 1. The maximum absolute atomic E-state index is 12.7. The average Bonchev–Trinajstić information content (AvgIpc) is 2.63. The largest absolute Gasteiger partial charge is 0.481 e. The van der Waals surface area contributed by atoms with E-state index in [0.717, 1.165) is 35.7 Å². The van der Waals surface area contributed by atoms with Gasteiger partial charge in [0.15, 0.2) is 0 Å². The number of hydrogen-bond acceptors (Lipinski definition) is 3. The van der Waals surface area contributed by atoms with Crippen LogP contribution in [0.2, 0.25) is 0 Å². The summed E-state index contributed by atoms with van der Waals surface area (Å²) < 4.78 is 6.61. The summed E-state index contributed by atoms with van der Waals surface area (Å²) >= 11 is 2.33. The number of hydrogen-bond donors (Lipinski definition) is 1. The van der Waals surface area contributed by atoms with Crippen molar-refractivity contribution in [3.63, 3.8) is 0 Å². The predicted molar refractivity (Wildman–Crippen MR) is 127 cm³/mol. The molecule has 164 valence electrons. The minimum atomic E-state index is -0.824. The summed E-state index contributed by atoms with van der Waals surface area (Å²) in [4.78, 5) is 24.5. The summed E-state index contributed by atoms with van der Waals surface area (Å²) in [5.74, 6) is -1.98. The number of carbonyl (C=O) groups excluding carboxylic acids is 1. The molecule has 0 saturated heterocycles. The third-order valence-corrected chi connectivity index (χ3v) is 5.70. The van der Waals surface area contributed by atoms with Crippen LogP contribution < -0.4 is 0 Å². The number of unbranched alkanes of at least 4 members (excludes halogenated alkanes) is 1. The van der Waals surface area contributed by atoms with Crippen molar-refractivity contribution in [2.45, 2.75) is 84.7 Å². The summed E-state index contributed by atoms with van der Waals surface area (Å²) in [6.45, 7) is 7.71. The van der Waals surface area contributed by atoms with Crippen LogP contribution in [0.5, 0.6) is 0 Å². The molecule has 4 nitrogen and oxygen atoms in total. The van der Waals surface area contributed by atoms with E-state index >= 15 is 0 Å². The van der Waals surface area contributed by atoms with Gasteiger partial charge in [0.1, 0.15) is 5.60 Å². The van der Waals surface area contributed by atoms with Gasteiger partial charge in [-0.25, -0.2) is 0 Å². The molecule has 0 aliphatic carbocycles. The molecule has 0 aliphatic rings. The lowest BCUT2D eigenvalue weighted by Gasteiger charge is -2.25. The zero-order valence-corrected chi connectivity index (χ0v) is 20.5. The molecule has 1 rings (SSSR count). The Balaban J connectivity index is 2.76. The highest BCUT2D eigenvalue weighted by molar-refractivity contribution is 14.1. The lowest BCUT2D eigenvalue weighted by Crippen LogP contribution is -2.31. The number of halogens is 1. The molecular weight excluding hydrogens is 479 g/mol. The van der Waals surface area contributed by atoms with Crippen LogP contribution in [-0.4, -0.2) is 27.1 Å². The molecule has 2 atom stereocenters. The van der Waals surface area contributed by atoms with Crippen molar-refractivity contribution in [1.29, 1.82) is 0 Å². The van der Waals surface area contributed by atoms with Gasteiger partial charge in [0, 0.05) is 0 Å². The van der Waals surface area contributed by atoms with E-state index in [1.165, 1.54) is 5.56 Å². The van der Waals surface area contributed by atoms with Crippen LogP contribution in [0.1, 0.15) is 77.3 Å². The number of carboxylic acid groups (broad SMARTS) is 1. The first-order valence-electron chi connectivity index (χ1n) is 10.8. The Morgan fingerprint density at radius 1 is 1.00 bits per heavy atom. The first-order chi connectivity index (χ1) is 13.7. The van der Waals surface area contributed by atoms with E-state index in [0.29, 0.717) is 25.7 Å². The highest BCUT2D eigenvalue weighted by Gasteiger charge is 2.30. The van der Waals surface area contributed by atoms with Crippen LogP contribution in [0.25, 0.3) is 0 Å². The van der Waals surface area contributed by atoms with E-state index in [1.807, 2.05) is 20.8 Å². The Hall–Kier alpha value is -1.11. The summed E-state index contributed by atoms with van der Waals surface area (Å²) in [7, 11) is 0. The Labute approximate surface area is 189 Å². The van der Waals surface area contributed by atoms with Gasteiger partial charge < -0.3 is 9.84 Å². The van der Waals surface area contributed by atoms with Gasteiger partial charge in [0.25, 0.3) is 0 Å². The second-order valence-electron chi connectivity index (χ2n) is 8.79. The van der Waals surface area contributed by atoms with Gasteiger partial charge in [-0.3, -0.25) is 9.59 Å². The van der Waals surface area contributed by atoms with Gasteiger partial charge in [0.2, 0.25) is 0 Å². The number of rotatable bonds is 13. The molecule has 0 amide bonds. The number of carbonyl (C=O) groups is 2. The molecule has 0 bridgehead atoms. The molecule has 1 aromatic rings. The van der Waals surface area contributed by atoms with Crippen LogP contribution in [-0.2, 0) is 27.2 Å². The maximum Gasteiger partial charge on any atom is 0.309 e. The van der Waals surface area contributed by atoms with Crippen molar-refractivity contribution in [1.82, 2.24) is 0 Å². The number of esters is 1. The van der Waals surface area contributed by atoms with Gasteiger partial charge in [-0.1, -0.05) is 66.6 Å². The second kappa shape index (κ2) is 13.2. The Kier molecular flexibility index (Phi) is 11.8. The van der Waals surface area contributed by atoms with Gasteiger partial charge in [-0.15, -0.1) is 0 Å². The monoisotopic (exact) mass is 516 g/mol. The molecule has 29 heavy (non-hydrogen) atoms. The molecule has 1 aromatic carbocycles. The van der Waals surface area contributed by atoms with Crippen molar-refractivity contribution in [3.05, 3.63) is 35.4 Å². The topological polar surface area (TPSA) is 63.6 Å².